The minimum atomic E-state index is 0.496. The third-order valence-electron chi connectivity index (χ3n) is 1.81. The molecule has 0 N–H and O–H groups in total. The van der Waals surface area contributed by atoms with Crippen molar-refractivity contribution in [2.24, 2.45) is 10.3 Å². The Morgan fingerprint density at radius 2 is 1.94 bits per heavy atom. The highest BCUT2D eigenvalue weighted by Gasteiger charge is 2.02. The summed E-state index contributed by atoms with van der Waals surface area (Å²) in [5.41, 5.74) is 1.64. The molecule has 0 aliphatic carbocycles. The summed E-state index contributed by atoms with van der Waals surface area (Å²) in [7, 11) is 3.63. The Balaban J connectivity index is 2.17. The SMILES string of the molecule is CN(C)N=Nc1ccc(-c2nnco2)cc1. The van der Waals surface area contributed by atoms with Gasteiger partial charge in [0.25, 0.3) is 0 Å². The maximum absolute atomic E-state index is 5.07. The fourth-order valence-electron chi connectivity index (χ4n) is 1.11. The Bertz CT molecular complexity index is 460. The van der Waals surface area contributed by atoms with Gasteiger partial charge in [-0.2, -0.15) is 0 Å². The molecule has 0 saturated heterocycles. The number of hydrogen-bond acceptors (Lipinski definition) is 5. The molecule has 2 aromatic rings. The van der Waals surface area contributed by atoms with Crippen molar-refractivity contribution in [1.82, 2.24) is 15.2 Å². The van der Waals surface area contributed by atoms with Crippen LogP contribution in [0.5, 0.6) is 0 Å². The first kappa shape index (κ1) is 10.3. The van der Waals surface area contributed by atoms with E-state index in [2.05, 4.69) is 20.5 Å². The van der Waals surface area contributed by atoms with E-state index in [1.807, 2.05) is 38.4 Å². The van der Waals surface area contributed by atoms with E-state index in [1.165, 1.54) is 6.39 Å². The van der Waals surface area contributed by atoms with Crippen LogP contribution in [0.15, 0.2) is 45.4 Å². The molecule has 0 spiro atoms. The highest BCUT2D eigenvalue weighted by atomic mass is 16.4. The first-order chi connectivity index (χ1) is 7.75. The summed E-state index contributed by atoms with van der Waals surface area (Å²) in [6.07, 6.45) is 1.30. The van der Waals surface area contributed by atoms with Gasteiger partial charge in [0.05, 0.1) is 5.69 Å². The minimum absolute atomic E-state index is 0.496. The van der Waals surface area contributed by atoms with Crippen molar-refractivity contribution in [3.8, 4) is 11.5 Å². The van der Waals surface area contributed by atoms with Crippen LogP contribution in [0.3, 0.4) is 0 Å². The minimum Gasteiger partial charge on any atom is -0.423 e. The molecule has 1 aromatic carbocycles. The number of nitrogens with zero attached hydrogens (tertiary/aromatic N) is 5. The van der Waals surface area contributed by atoms with Crippen molar-refractivity contribution >= 4 is 5.69 Å². The maximum atomic E-state index is 5.07. The third-order valence-corrected chi connectivity index (χ3v) is 1.81. The number of benzene rings is 1. The van der Waals surface area contributed by atoms with E-state index >= 15 is 0 Å². The van der Waals surface area contributed by atoms with Gasteiger partial charge >= 0.3 is 0 Å². The molecule has 82 valence electrons. The summed E-state index contributed by atoms with van der Waals surface area (Å²) in [5.74, 6) is 0.496. The van der Waals surface area contributed by atoms with Gasteiger partial charge in [-0.3, -0.25) is 5.01 Å². The maximum Gasteiger partial charge on any atom is 0.247 e. The van der Waals surface area contributed by atoms with Crippen LogP contribution in [0.2, 0.25) is 0 Å². The lowest BCUT2D eigenvalue weighted by atomic mass is 10.2. The van der Waals surface area contributed by atoms with Crippen LogP contribution >= 0.6 is 0 Å². The highest BCUT2D eigenvalue weighted by molar-refractivity contribution is 5.56. The Labute approximate surface area is 92.6 Å². The zero-order chi connectivity index (χ0) is 11.4. The number of aromatic nitrogens is 2. The Kier molecular flexibility index (Phi) is 2.90. The monoisotopic (exact) mass is 217 g/mol. The standard InChI is InChI=1S/C10H11N5O/c1-15(2)14-12-9-5-3-8(4-6-9)10-13-11-7-16-10/h3-7H,1-2H3. The second kappa shape index (κ2) is 4.52. The average Bonchev–Trinajstić information content (AvgIpc) is 2.80. The van der Waals surface area contributed by atoms with Crippen LogP contribution < -0.4 is 0 Å². The van der Waals surface area contributed by atoms with Crippen LogP contribution in [-0.2, 0) is 0 Å². The zero-order valence-corrected chi connectivity index (χ0v) is 9.03. The summed E-state index contributed by atoms with van der Waals surface area (Å²) in [5, 5.41) is 17.0. The quantitative estimate of drug-likeness (QED) is 0.584. The van der Waals surface area contributed by atoms with Gasteiger partial charge in [-0.05, 0) is 24.3 Å². The van der Waals surface area contributed by atoms with E-state index in [-0.39, 0.29) is 0 Å². The molecule has 0 radical (unpaired) electrons. The van der Waals surface area contributed by atoms with E-state index in [0.717, 1.165) is 11.3 Å². The van der Waals surface area contributed by atoms with Crippen molar-refractivity contribution in [1.29, 1.82) is 0 Å². The van der Waals surface area contributed by atoms with Crippen molar-refractivity contribution in [2.75, 3.05) is 14.1 Å². The van der Waals surface area contributed by atoms with E-state index in [4.69, 9.17) is 4.42 Å². The van der Waals surface area contributed by atoms with Crippen molar-refractivity contribution in [3.63, 3.8) is 0 Å². The molecule has 6 heteroatoms. The Morgan fingerprint density at radius 1 is 1.19 bits per heavy atom. The van der Waals surface area contributed by atoms with Gasteiger partial charge in [0.15, 0.2) is 0 Å². The number of hydrogen-bond donors (Lipinski definition) is 0. The second-order valence-corrected chi connectivity index (χ2v) is 3.33. The third kappa shape index (κ3) is 2.41. The molecule has 0 bridgehead atoms. The van der Waals surface area contributed by atoms with E-state index < -0.39 is 0 Å². The molecular formula is C10H11N5O. The summed E-state index contributed by atoms with van der Waals surface area (Å²) < 4.78 is 5.07. The summed E-state index contributed by atoms with van der Waals surface area (Å²) in [6.45, 7) is 0. The highest BCUT2D eigenvalue weighted by Crippen LogP contribution is 2.20. The Hall–Kier alpha value is -2.24. The molecule has 16 heavy (non-hydrogen) atoms. The lowest BCUT2D eigenvalue weighted by molar-refractivity contribution is 0.408. The van der Waals surface area contributed by atoms with Gasteiger partial charge in [-0.15, -0.1) is 15.3 Å². The predicted molar refractivity (Wildman–Crippen MR) is 57.9 cm³/mol. The van der Waals surface area contributed by atoms with Gasteiger partial charge in [-0.1, -0.05) is 5.22 Å². The summed E-state index contributed by atoms with van der Waals surface area (Å²) >= 11 is 0. The summed E-state index contributed by atoms with van der Waals surface area (Å²) in [6, 6.07) is 7.40. The topological polar surface area (TPSA) is 66.9 Å². The molecule has 0 atom stereocenters. The van der Waals surface area contributed by atoms with Gasteiger partial charge in [0.1, 0.15) is 0 Å². The molecule has 0 saturated carbocycles. The van der Waals surface area contributed by atoms with Crippen molar-refractivity contribution in [2.45, 2.75) is 0 Å². The molecule has 1 aromatic heterocycles. The van der Waals surface area contributed by atoms with Crippen LogP contribution in [0, 0.1) is 0 Å². The lowest BCUT2D eigenvalue weighted by Gasteiger charge is -2.00. The van der Waals surface area contributed by atoms with Gasteiger partial charge in [-0.25, -0.2) is 0 Å². The molecule has 0 aliphatic heterocycles. The van der Waals surface area contributed by atoms with Gasteiger partial charge in [0.2, 0.25) is 12.3 Å². The molecule has 1 heterocycles. The van der Waals surface area contributed by atoms with Crippen LogP contribution in [0.4, 0.5) is 5.69 Å². The molecule has 0 aliphatic rings. The average molecular weight is 217 g/mol. The fourth-order valence-corrected chi connectivity index (χ4v) is 1.11. The van der Waals surface area contributed by atoms with Gasteiger partial charge in [0, 0.05) is 19.7 Å². The predicted octanol–water partition coefficient (Wildman–Crippen LogP) is 2.30. The second-order valence-electron chi connectivity index (χ2n) is 3.33. The molecular weight excluding hydrogens is 206 g/mol. The van der Waals surface area contributed by atoms with Crippen LogP contribution in [0.25, 0.3) is 11.5 Å². The van der Waals surface area contributed by atoms with Gasteiger partial charge < -0.3 is 4.42 Å². The van der Waals surface area contributed by atoms with Crippen molar-refractivity contribution in [3.05, 3.63) is 30.7 Å². The Morgan fingerprint density at radius 3 is 2.50 bits per heavy atom. The first-order valence-electron chi connectivity index (χ1n) is 4.71. The zero-order valence-electron chi connectivity index (χ0n) is 9.03. The number of rotatable bonds is 3. The molecule has 0 amide bonds. The van der Waals surface area contributed by atoms with Crippen molar-refractivity contribution < 1.29 is 4.42 Å². The molecule has 2 rings (SSSR count). The fraction of sp³-hybridized carbons (Fsp3) is 0.200. The normalized spacial score (nSPS) is 10.9. The largest absolute Gasteiger partial charge is 0.423 e. The van der Waals surface area contributed by atoms with E-state index in [1.54, 1.807) is 5.01 Å². The molecule has 0 unspecified atom stereocenters. The first-order valence-corrected chi connectivity index (χ1v) is 4.71. The molecule has 0 fully saturated rings. The summed E-state index contributed by atoms with van der Waals surface area (Å²) in [4.78, 5) is 0. The molecule has 6 nitrogen and oxygen atoms in total. The lowest BCUT2D eigenvalue weighted by Crippen LogP contribution is -1.98. The van der Waals surface area contributed by atoms with E-state index in [9.17, 15) is 0 Å². The van der Waals surface area contributed by atoms with Crippen LogP contribution in [0.1, 0.15) is 0 Å². The van der Waals surface area contributed by atoms with Crippen LogP contribution in [-0.4, -0.2) is 29.3 Å². The van der Waals surface area contributed by atoms with E-state index in [0.29, 0.717) is 5.89 Å². The smallest absolute Gasteiger partial charge is 0.247 e.